The van der Waals surface area contributed by atoms with Gasteiger partial charge < -0.3 is 14.6 Å². The summed E-state index contributed by atoms with van der Waals surface area (Å²) in [6.45, 7) is 5.74. The summed E-state index contributed by atoms with van der Waals surface area (Å²) in [5.41, 5.74) is 1.20. The number of hydrogen-bond donors (Lipinski definition) is 1. The number of anilines is 1. The van der Waals surface area contributed by atoms with Gasteiger partial charge in [-0.3, -0.25) is 9.69 Å². The van der Waals surface area contributed by atoms with E-state index in [4.69, 9.17) is 0 Å². The van der Waals surface area contributed by atoms with Gasteiger partial charge in [0.1, 0.15) is 0 Å². The second-order valence-corrected chi connectivity index (χ2v) is 5.82. The molecule has 0 aromatic carbocycles. The summed E-state index contributed by atoms with van der Waals surface area (Å²) in [5, 5.41) is 10.1. The Kier molecular flexibility index (Phi) is 4.29. The molecule has 0 radical (unpaired) electrons. The van der Waals surface area contributed by atoms with Gasteiger partial charge in [0, 0.05) is 63.9 Å². The molecule has 2 aromatic heterocycles. The van der Waals surface area contributed by atoms with Gasteiger partial charge in [0.2, 0.25) is 11.4 Å². The smallest absolute Gasteiger partial charge is 0.225 e. The Morgan fingerprint density at radius 3 is 2.48 bits per heavy atom. The quantitative estimate of drug-likeness (QED) is 0.890. The number of aromatic hydroxyl groups is 1. The zero-order chi connectivity index (χ0) is 16.4. The van der Waals surface area contributed by atoms with Crippen LogP contribution in [-0.2, 0) is 13.6 Å². The molecular weight excluding hydrogens is 294 g/mol. The molecule has 0 spiro atoms. The van der Waals surface area contributed by atoms with Crippen LogP contribution in [0.25, 0.3) is 0 Å². The maximum atomic E-state index is 11.8. The Morgan fingerprint density at radius 1 is 1.17 bits per heavy atom. The summed E-state index contributed by atoms with van der Waals surface area (Å²) in [6.07, 6.45) is 3.49. The lowest BCUT2D eigenvalue weighted by Crippen LogP contribution is -2.46. The second kappa shape index (κ2) is 6.37. The Balaban J connectivity index is 1.69. The molecule has 0 atom stereocenters. The molecule has 122 valence electrons. The summed E-state index contributed by atoms with van der Waals surface area (Å²) in [6, 6.07) is 3.27. The van der Waals surface area contributed by atoms with E-state index in [0.29, 0.717) is 12.2 Å². The molecular formula is C16H21N5O2. The van der Waals surface area contributed by atoms with Gasteiger partial charge in [-0.25, -0.2) is 9.97 Å². The van der Waals surface area contributed by atoms with Gasteiger partial charge in [-0.15, -0.1) is 0 Å². The molecule has 3 heterocycles. The standard InChI is InChI=1S/C16H21N5O2/c1-12-10-14(22)15(23)13(19(12)2)11-20-6-8-21(9-7-20)16-17-4-3-5-18-16/h3-5,10,23H,6-9,11H2,1-2H3. The summed E-state index contributed by atoms with van der Waals surface area (Å²) in [4.78, 5) is 24.7. The van der Waals surface area contributed by atoms with E-state index >= 15 is 0 Å². The van der Waals surface area contributed by atoms with E-state index in [2.05, 4.69) is 19.8 Å². The van der Waals surface area contributed by atoms with Gasteiger partial charge in [0.15, 0.2) is 5.75 Å². The zero-order valence-electron chi connectivity index (χ0n) is 13.4. The number of rotatable bonds is 3. The van der Waals surface area contributed by atoms with Gasteiger partial charge in [-0.1, -0.05) is 0 Å². The second-order valence-electron chi connectivity index (χ2n) is 5.82. The van der Waals surface area contributed by atoms with Crippen molar-refractivity contribution in [3.05, 3.63) is 46.1 Å². The zero-order valence-corrected chi connectivity index (χ0v) is 13.4. The van der Waals surface area contributed by atoms with Crippen molar-refractivity contribution in [2.75, 3.05) is 31.1 Å². The highest BCUT2D eigenvalue weighted by Gasteiger charge is 2.21. The summed E-state index contributed by atoms with van der Waals surface area (Å²) in [7, 11) is 1.87. The first-order valence-corrected chi connectivity index (χ1v) is 7.69. The molecule has 0 saturated carbocycles. The Labute approximate surface area is 134 Å². The average Bonchev–Trinajstić information content (AvgIpc) is 2.58. The van der Waals surface area contributed by atoms with Crippen molar-refractivity contribution in [1.82, 2.24) is 19.4 Å². The molecule has 0 unspecified atom stereocenters. The third-order valence-electron chi connectivity index (χ3n) is 4.36. The molecule has 1 saturated heterocycles. The number of piperazine rings is 1. The lowest BCUT2D eigenvalue weighted by Gasteiger charge is -2.35. The highest BCUT2D eigenvalue weighted by molar-refractivity contribution is 5.31. The van der Waals surface area contributed by atoms with Crippen molar-refractivity contribution in [2.24, 2.45) is 7.05 Å². The maximum Gasteiger partial charge on any atom is 0.225 e. The number of pyridine rings is 1. The van der Waals surface area contributed by atoms with Crippen LogP contribution in [0, 0.1) is 6.92 Å². The molecule has 23 heavy (non-hydrogen) atoms. The first-order chi connectivity index (χ1) is 11.1. The van der Waals surface area contributed by atoms with E-state index in [-0.39, 0.29) is 11.2 Å². The molecule has 1 fully saturated rings. The average molecular weight is 315 g/mol. The molecule has 1 N–H and O–H groups in total. The minimum atomic E-state index is -0.313. The predicted octanol–water partition coefficient (Wildman–Crippen LogP) is 0.512. The van der Waals surface area contributed by atoms with Gasteiger partial charge in [-0.05, 0) is 13.0 Å². The third-order valence-corrected chi connectivity index (χ3v) is 4.36. The normalized spacial score (nSPS) is 15.8. The van der Waals surface area contributed by atoms with E-state index in [0.717, 1.165) is 37.8 Å². The minimum absolute atomic E-state index is 0.146. The molecule has 0 aliphatic carbocycles. The summed E-state index contributed by atoms with van der Waals surface area (Å²) in [5.74, 6) is 0.602. The molecule has 7 nitrogen and oxygen atoms in total. The van der Waals surface area contributed by atoms with Crippen molar-refractivity contribution in [1.29, 1.82) is 0 Å². The predicted molar refractivity (Wildman–Crippen MR) is 87.6 cm³/mol. The number of nitrogens with zero attached hydrogens (tertiary/aromatic N) is 5. The van der Waals surface area contributed by atoms with Crippen molar-refractivity contribution >= 4 is 5.95 Å². The largest absolute Gasteiger partial charge is 0.503 e. The van der Waals surface area contributed by atoms with Crippen molar-refractivity contribution in [3.8, 4) is 5.75 Å². The fourth-order valence-electron chi connectivity index (χ4n) is 2.82. The van der Waals surface area contributed by atoms with Gasteiger partial charge in [0.25, 0.3) is 0 Å². The van der Waals surface area contributed by atoms with Gasteiger partial charge in [-0.2, -0.15) is 0 Å². The molecule has 2 aromatic rings. The molecule has 7 heteroatoms. The highest BCUT2D eigenvalue weighted by Crippen LogP contribution is 2.17. The van der Waals surface area contributed by atoms with E-state index in [1.54, 1.807) is 18.5 Å². The summed E-state index contributed by atoms with van der Waals surface area (Å²) < 4.78 is 1.88. The Morgan fingerprint density at radius 2 is 1.83 bits per heavy atom. The van der Waals surface area contributed by atoms with Crippen LogP contribution in [0.15, 0.2) is 29.3 Å². The summed E-state index contributed by atoms with van der Waals surface area (Å²) >= 11 is 0. The third kappa shape index (κ3) is 3.19. The lowest BCUT2D eigenvalue weighted by atomic mass is 10.2. The van der Waals surface area contributed by atoms with Crippen LogP contribution in [0.3, 0.4) is 0 Å². The van der Waals surface area contributed by atoms with E-state index in [9.17, 15) is 9.90 Å². The van der Waals surface area contributed by atoms with Crippen LogP contribution >= 0.6 is 0 Å². The number of aryl methyl sites for hydroxylation is 1. The van der Waals surface area contributed by atoms with Crippen LogP contribution in [0.4, 0.5) is 5.95 Å². The van der Waals surface area contributed by atoms with Crippen molar-refractivity contribution < 1.29 is 5.11 Å². The topological polar surface area (TPSA) is 74.5 Å². The Bertz CT molecular complexity index is 736. The SMILES string of the molecule is Cc1cc(=O)c(O)c(CN2CCN(c3ncccn3)CC2)n1C. The minimum Gasteiger partial charge on any atom is -0.503 e. The van der Waals surface area contributed by atoms with Crippen LogP contribution in [0.5, 0.6) is 5.75 Å². The maximum absolute atomic E-state index is 11.8. The fraction of sp³-hybridized carbons (Fsp3) is 0.438. The van der Waals surface area contributed by atoms with E-state index in [1.807, 2.05) is 18.5 Å². The lowest BCUT2D eigenvalue weighted by molar-refractivity contribution is 0.238. The van der Waals surface area contributed by atoms with Gasteiger partial charge >= 0.3 is 0 Å². The molecule has 3 rings (SSSR count). The first-order valence-electron chi connectivity index (χ1n) is 7.69. The van der Waals surface area contributed by atoms with Crippen molar-refractivity contribution in [2.45, 2.75) is 13.5 Å². The number of hydrogen-bond acceptors (Lipinski definition) is 6. The van der Waals surface area contributed by atoms with Crippen LogP contribution in [0.1, 0.15) is 11.4 Å². The van der Waals surface area contributed by atoms with Gasteiger partial charge in [0.05, 0.1) is 5.69 Å². The molecule has 0 bridgehead atoms. The molecule has 0 amide bonds. The first kappa shape index (κ1) is 15.5. The van der Waals surface area contributed by atoms with E-state index < -0.39 is 0 Å². The monoisotopic (exact) mass is 315 g/mol. The molecule has 1 aliphatic rings. The highest BCUT2D eigenvalue weighted by atomic mass is 16.3. The molecule has 1 aliphatic heterocycles. The fourth-order valence-corrected chi connectivity index (χ4v) is 2.82. The van der Waals surface area contributed by atoms with Crippen LogP contribution < -0.4 is 10.3 Å². The van der Waals surface area contributed by atoms with Crippen LogP contribution in [0.2, 0.25) is 0 Å². The van der Waals surface area contributed by atoms with Crippen LogP contribution in [-0.4, -0.2) is 50.7 Å². The van der Waals surface area contributed by atoms with Crippen molar-refractivity contribution in [3.63, 3.8) is 0 Å². The van der Waals surface area contributed by atoms with E-state index in [1.165, 1.54) is 6.07 Å². The Hall–Kier alpha value is -2.41. The number of aromatic nitrogens is 3.